The molecule has 1 aromatic rings. The molecule has 1 aliphatic heterocycles. The van der Waals surface area contributed by atoms with Crippen LogP contribution in [0.4, 0.5) is 0 Å². The molecule has 1 amide bonds. The van der Waals surface area contributed by atoms with Gasteiger partial charge >= 0.3 is 0 Å². The summed E-state index contributed by atoms with van der Waals surface area (Å²) in [5.41, 5.74) is -3.61. The van der Waals surface area contributed by atoms with Gasteiger partial charge in [0, 0.05) is 0 Å². The van der Waals surface area contributed by atoms with Gasteiger partial charge in [0.25, 0.3) is 0 Å². The van der Waals surface area contributed by atoms with Gasteiger partial charge in [-0.25, -0.2) is 5.06 Å². The second-order valence-electron chi connectivity index (χ2n) is 6.54. The highest BCUT2D eigenvalue weighted by atomic mass is 16.7. The lowest BCUT2D eigenvalue weighted by Gasteiger charge is -2.61. The first kappa shape index (κ1) is 18.2. The van der Waals surface area contributed by atoms with Crippen LogP contribution in [0.5, 0.6) is 0 Å². The van der Waals surface area contributed by atoms with E-state index in [9.17, 15) is 35.4 Å². The zero-order valence-corrected chi connectivity index (χ0v) is 13.3. The van der Waals surface area contributed by atoms with Gasteiger partial charge in [-0.1, -0.05) is 30.3 Å². The summed E-state index contributed by atoms with van der Waals surface area (Å²) in [7, 11) is 0. The molecular weight excluding hydrogens is 334 g/mol. The van der Waals surface area contributed by atoms with Crippen LogP contribution in [-0.2, 0) is 16.2 Å². The number of nitrogens with zero attached hydrogens (tertiary/aromatic N) is 1. The third-order valence-corrected chi connectivity index (χ3v) is 5.14. The molecule has 138 valence electrons. The number of rotatable bonds is 4. The smallest absolute Gasteiger partial charge is 0.249 e. The van der Waals surface area contributed by atoms with Crippen LogP contribution in [0.2, 0.25) is 0 Å². The van der Waals surface area contributed by atoms with Gasteiger partial charge in [-0.3, -0.25) is 9.63 Å². The lowest BCUT2D eigenvalue weighted by molar-refractivity contribution is -0.357. The van der Waals surface area contributed by atoms with Crippen molar-refractivity contribution in [3.05, 3.63) is 35.9 Å². The summed E-state index contributed by atoms with van der Waals surface area (Å²) in [6, 6.07) is 8.84. The third-order valence-electron chi connectivity index (χ3n) is 5.14. The number of hydroxylamine groups is 2. The average molecular weight is 355 g/mol. The Bertz CT molecular complexity index is 622. The number of β-lactam (4-membered cyclic amide) rings is 1. The van der Waals surface area contributed by atoms with E-state index in [1.807, 2.05) is 0 Å². The molecule has 25 heavy (non-hydrogen) atoms. The van der Waals surface area contributed by atoms with E-state index in [1.165, 1.54) is 0 Å². The maximum atomic E-state index is 12.0. The minimum Gasteiger partial charge on any atom is -0.393 e. The molecule has 1 aromatic carbocycles. The minimum atomic E-state index is -2.52. The van der Waals surface area contributed by atoms with Crippen LogP contribution in [0.25, 0.3) is 0 Å². The van der Waals surface area contributed by atoms with Gasteiger partial charge in [-0.2, -0.15) is 0 Å². The van der Waals surface area contributed by atoms with Crippen molar-refractivity contribution in [2.75, 3.05) is 6.61 Å². The molecular formula is C16H21NO8. The van der Waals surface area contributed by atoms with Gasteiger partial charge in [0.2, 0.25) is 5.91 Å². The Morgan fingerprint density at radius 1 is 1.04 bits per heavy atom. The van der Waals surface area contributed by atoms with Crippen molar-refractivity contribution in [2.24, 2.45) is 0 Å². The number of aliphatic hydroxyl groups excluding tert-OH is 5. The summed E-state index contributed by atoms with van der Waals surface area (Å²) in [4.78, 5) is 17.4. The molecule has 9 nitrogen and oxygen atoms in total. The van der Waals surface area contributed by atoms with Gasteiger partial charge in [0.05, 0.1) is 13.0 Å². The fraction of sp³-hybridized carbons (Fsp3) is 0.562. The second-order valence-corrected chi connectivity index (χ2v) is 6.54. The Morgan fingerprint density at radius 3 is 2.08 bits per heavy atom. The standard InChI is InChI=1S/C16H21NO8/c18-8-16(24)13(22)11(20)15(12(21)14(16)23)6-10(19)17(15)25-7-9-4-2-1-3-5-9/h1-5,11-14,18,20-24H,6-8H2/t11-,12-,13+,14+,15?,16?/m1/s1. The van der Waals surface area contributed by atoms with Crippen molar-refractivity contribution >= 4 is 5.91 Å². The molecule has 2 fully saturated rings. The summed E-state index contributed by atoms with van der Waals surface area (Å²) in [5, 5.41) is 61.3. The molecule has 1 saturated heterocycles. The van der Waals surface area contributed by atoms with Crippen LogP contribution in [0.3, 0.4) is 0 Å². The predicted octanol–water partition coefficient (Wildman–Crippen LogP) is -2.73. The maximum absolute atomic E-state index is 12.0. The van der Waals surface area contributed by atoms with E-state index in [-0.39, 0.29) is 13.0 Å². The van der Waals surface area contributed by atoms with Gasteiger partial charge in [0.15, 0.2) is 0 Å². The Morgan fingerprint density at radius 2 is 1.60 bits per heavy atom. The van der Waals surface area contributed by atoms with Crippen LogP contribution in [0.1, 0.15) is 12.0 Å². The van der Waals surface area contributed by atoms with Crippen LogP contribution in [-0.4, -0.2) is 83.8 Å². The van der Waals surface area contributed by atoms with E-state index in [2.05, 4.69) is 0 Å². The molecule has 0 unspecified atom stereocenters. The van der Waals surface area contributed by atoms with E-state index < -0.39 is 48.1 Å². The summed E-state index contributed by atoms with van der Waals surface area (Å²) in [5.74, 6) is -0.553. The van der Waals surface area contributed by atoms with E-state index in [1.54, 1.807) is 30.3 Å². The summed E-state index contributed by atoms with van der Waals surface area (Å²) in [6.45, 7) is -1.12. The summed E-state index contributed by atoms with van der Waals surface area (Å²) in [6.07, 6.45) is -8.05. The lowest BCUT2D eigenvalue weighted by atomic mass is 9.62. The van der Waals surface area contributed by atoms with Crippen molar-refractivity contribution in [2.45, 2.75) is 48.6 Å². The van der Waals surface area contributed by atoms with E-state index in [0.29, 0.717) is 0 Å². The zero-order valence-electron chi connectivity index (χ0n) is 13.3. The highest BCUT2D eigenvalue weighted by molar-refractivity contribution is 5.84. The van der Waals surface area contributed by atoms with Crippen LogP contribution in [0.15, 0.2) is 30.3 Å². The van der Waals surface area contributed by atoms with Crippen molar-refractivity contribution in [3.8, 4) is 0 Å². The first-order valence-electron chi connectivity index (χ1n) is 7.84. The molecule has 0 bridgehead atoms. The SMILES string of the molecule is O=C1CC2([C@H](O)[C@H](O)C(O)(CO)[C@@H](O)[C@H]2O)N1OCc1ccccc1. The molecule has 1 spiro atoms. The average Bonchev–Trinajstić information content (AvgIpc) is 2.62. The Labute approximate surface area is 143 Å². The Hall–Kier alpha value is -1.59. The highest BCUT2D eigenvalue weighted by Gasteiger charge is 2.72. The van der Waals surface area contributed by atoms with Crippen molar-refractivity contribution in [3.63, 3.8) is 0 Å². The fourth-order valence-corrected chi connectivity index (χ4v) is 3.51. The number of carbonyl (C=O) groups excluding carboxylic acids is 1. The topological polar surface area (TPSA) is 151 Å². The van der Waals surface area contributed by atoms with Crippen LogP contribution >= 0.6 is 0 Å². The first-order chi connectivity index (χ1) is 11.8. The molecule has 1 heterocycles. The van der Waals surface area contributed by atoms with Gasteiger partial charge in [0.1, 0.15) is 42.2 Å². The lowest BCUT2D eigenvalue weighted by Crippen LogP contribution is -2.85. The molecule has 9 heteroatoms. The Kier molecular flexibility index (Phi) is 4.58. The molecule has 0 aromatic heterocycles. The van der Waals surface area contributed by atoms with Crippen molar-refractivity contribution < 1.29 is 40.3 Å². The number of aliphatic hydroxyl groups is 6. The molecule has 1 aliphatic carbocycles. The van der Waals surface area contributed by atoms with E-state index in [0.717, 1.165) is 10.6 Å². The van der Waals surface area contributed by atoms with Gasteiger partial charge in [-0.05, 0) is 5.56 Å². The van der Waals surface area contributed by atoms with Crippen LogP contribution in [0, 0.1) is 0 Å². The fourth-order valence-electron chi connectivity index (χ4n) is 3.51. The number of hydrogen-bond acceptors (Lipinski definition) is 8. The second kappa shape index (κ2) is 6.29. The predicted molar refractivity (Wildman–Crippen MR) is 81.5 cm³/mol. The number of hydrogen-bond donors (Lipinski definition) is 6. The molecule has 1 saturated carbocycles. The number of carbonyl (C=O) groups is 1. The van der Waals surface area contributed by atoms with Crippen molar-refractivity contribution in [1.29, 1.82) is 0 Å². The summed E-state index contributed by atoms with van der Waals surface area (Å²) < 4.78 is 0. The van der Waals surface area contributed by atoms with Crippen molar-refractivity contribution in [1.82, 2.24) is 5.06 Å². The van der Waals surface area contributed by atoms with Gasteiger partial charge < -0.3 is 30.6 Å². The normalized spacial score (nSPS) is 41.0. The molecule has 0 radical (unpaired) electrons. The molecule has 3 rings (SSSR count). The molecule has 4 atom stereocenters. The van der Waals surface area contributed by atoms with Gasteiger partial charge in [-0.15, -0.1) is 0 Å². The monoisotopic (exact) mass is 355 g/mol. The first-order valence-corrected chi connectivity index (χ1v) is 7.84. The van der Waals surface area contributed by atoms with Crippen LogP contribution < -0.4 is 0 Å². The highest BCUT2D eigenvalue weighted by Crippen LogP contribution is 2.47. The number of benzene rings is 1. The maximum Gasteiger partial charge on any atom is 0.249 e. The number of amides is 1. The Balaban J connectivity index is 1.85. The third kappa shape index (κ3) is 2.48. The molecule has 2 aliphatic rings. The zero-order chi connectivity index (χ0) is 18.4. The van der Waals surface area contributed by atoms with E-state index in [4.69, 9.17) is 4.84 Å². The summed E-state index contributed by atoms with van der Waals surface area (Å²) >= 11 is 0. The quantitative estimate of drug-likeness (QED) is 0.319. The molecule has 6 N–H and O–H groups in total. The largest absolute Gasteiger partial charge is 0.393 e. The van der Waals surface area contributed by atoms with E-state index >= 15 is 0 Å². The minimum absolute atomic E-state index is 0.0375.